The van der Waals surface area contributed by atoms with Gasteiger partial charge in [0.2, 0.25) is 5.91 Å². The van der Waals surface area contributed by atoms with Gasteiger partial charge in [-0.25, -0.2) is 0 Å². The quantitative estimate of drug-likeness (QED) is 0.297. The summed E-state index contributed by atoms with van der Waals surface area (Å²) in [6.45, 7) is 4.34. The van der Waals surface area contributed by atoms with Crippen molar-refractivity contribution in [3.63, 3.8) is 0 Å². The Kier molecular flexibility index (Phi) is 8.42. The SMILES string of the molecule is Cc1ccc([C@H]2[C@H](C(=O)NCCc3ccccc3)c3ccccc3C(=O)N2[C@H](CO)Cc2ccccc2)c(C)c1. The molecule has 204 valence electrons. The van der Waals surface area contributed by atoms with Crippen LogP contribution in [-0.4, -0.2) is 41.0 Å². The molecule has 2 N–H and O–H groups in total. The number of aryl methyl sites for hydroxylation is 2. The second-order valence-electron chi connectivity index (χ2n) is 10.6. The summed E-state index contributed by atoms with van der Waals surface area (Å²) in [5.41, 5.74) is 6.46. The fourth-order valence-electron chi connectivity index (χ4n) is 5.95. The Morgan fingerprint density at radius 1 is 0.850 bits per heavy atom. The molecule has 1 aliphatic heterocycles. The lowest BCUT2D eigenvalue weighted by Gasteiger charge is -2.46. The average Bonchev–Trinajstić information content (AvgIpc) is 2.97. The molecular weight excluding hydrogens is 496 g/mol. The van der Waals surface area contributed by atoms with Crippen LogP contribution in [0.3, 0.4) is 0 Å². The van der Waals surface area contributed by atoms with Crippen LogP contribution in [0.15, 0.2) is 103 Å². The van der Waals surface area contributed by atoms with E-state index in [2.05, 4.69) is 23.5 Å². The lowest BCUT2D eigenvalue weighted by Crippen LogP contribution is -2.53. The molecule has 1 aliphatic rings. The summed E-state index contributed by atoms with van der Waals surface area (Å²) in [6.07, 6.45) is 1.19. The number of hydrogen-bond acceptors (Lipinski definition) is 3. The Bertz CT molecular complexity index is 1470. The Morgan fingerprint density at radius 3 is 2.17 bits per heavy atom. The summed E-state index contributed by atoms with van der Waals surface area (Å²) >= 11 is 0. The number of amides is 2. The van der Waals surface area contributed by atoms with E-state index in [9.17, 15) is 14.7 Å². The molecule has 0 spiro atoms. The molecule has 0 unspecified atom stereocenters. The number of aliphatic hydroxyl groups is 1. The summed E-state index contributed by atoms with van der Waals surface area (Å²) in [5, 5.41) is 13.9. The van der Waals surface area contributed by atoms with Crippen LogP contribution in [0.5, 0.6) is 0 Å². The van der Waals surface area contributed by atoms with Gasteiger partial charge in [-0.15, -0.1) is 0 Å². The third-order valence-electron chi connectivity index (χ3n) is 7.88. The molecule has 3 atom stereocenters. The first kappa shape index (κ1) is 27.4. The normalized spacial score (nSPS) is 17.3. The van der Waals surface area contributed by atoms with Crippen molar-refractivity contribution in [2.24, 2.45) is 0 Å². The molecule has 0 fully saturated rings. The monoisotopic (exact) mass is 532 g/mol. The molecule has 5 rings (SSSR count). The van der Waals surface area contributed by atoms with Crippen molar-refractivity contribution < 1.29 is 14.7 Å². The zero-order valence-electron chi connectivity index (χ0n) is 23.1. The molecule has 0 saturated heterocycles. The van der Waals surface area contributed by atoms with Crippen LogP contribution in [0.25, 0.3) is 0 Å². The van der Waals surface area contributed by atoms with E-state index in [0.717, 1.165) is 33.4 Å². The number of benzene rings is 4. The van der Waals surface area contributed by atoms with Gasteiger partial charge >= 0.3 is 0 Å². The first-order valence-electron chi connectivity index (χ1n) is 13.9. The van der Waals surface area contributed by atoms with Gasteiger partial charge in [0.1, 0.15) is 0 Å². The average molecular weight is 533 g/mol. The van der Waals surface area contributed by atoms with E-state index in [1.165, 1.54) is 0 Å². The molecule has 0 radical (unpaired) electrons. The lowest BCUT2D eigenvalue weighted by atomic mass is 9.77. The van der Waals surface area contributed by atoms with E-state index in [4.69, 9.17) is 0 Å². The highest BCUT2D eigenvalue weighted by Gasteiger charge is 2.46. The summed E-state index contributed by atoms with van der Waals surface area (Å²) in [5.74, 6) is -0.915. The van der Waals surface area contributed by atoms with E-state index in [0.29, 0.717) is 24.9 Å². The van der Waals surface area contributed by atoms with Gasteiger partial charge in [-0.1, -0.05) is 103 Å². The smallest absolute Gasteiger partial charge is 0.255 e. The van der Waals surface area contributed by atoms with Crippen LogP contribution in [0.2, 0.25) is 0 Å². The second kappa shape index (κ2) is 12.3. The topological polar surface area (TPSA) is 69.6 Å². The van der Waals surface area contributed by atoms with E-state index in [1.807, 2.05) is 92.7 Å². The van der Waals surface area contributed by atoms with Crippen molar-refractivity contribution in [1.29, 1.82) is 0 Å². The molecule has 5 nitrogen and oxygen atoms in total. The number of rotatable bonds is 9. The Hall–Kier alpha value is -4.22. The molecule has 0 aliphatic carbocycles. The lowest BCUT2D eigenvalue weighted by molar-refractivity contribution is -0.124. The molecule has 2 amide bonds. The molecule has 1 heterocycles. The number of hydrogen-bond donors (Lipinski definition) is 2. The number of carbonyl (C=O) groups excluding carboxylic acids is 2. The van der Waals surface area contributed by atoms with Crippen molar-refractivity contribution in [1.82, 2.24) is 10.2 Å². The molecule has 40 heavy (non-hydrogen) atoms. The first-order valence-corrected chi connectivity index (χ1v) is 13.9. The molecule has 4 aromatic carbocycles. The molecule has 0 aromatic heterocycles. The zero-order valence-corrected chi connectivity index (χ0v) is 23.1. The Labute approximate surface area is 236 Å². The number of nitrogens with zero attached hydrogens (tertiary/aromatic N) is 1. The van der Waals surface area contributed by atoms with Gasteiger partial charge in [-0.05, 0) is 60.6 Å². The van der Waals surface area contributed by atoms with Crippen molar-refractivity contribution in [3.8, 4) is 0 Å². The van der Waals surface area contributed by atoms with Crippen molar-refractivity contribution in [2.75, 3.05) is 13.2 Å². The third-order valence-corrected chi connectivity index (χ3v) is 7.88. The predicted molar refractivity (Wildman–Crippen MR) is 158 cm³/mol. The number of nitrogens with one attached hydrogen (secondary N) is 1. The van der Waals surface area contributed by atoms with E-state index in [1.54, 1.807) is 11.0 Å². The van der Waals surface area contributed by atoms with Gasteiger partial charge in [0, 0.05) is 12.1 Å². The van der Waals surface area contributed by atoms with Crippen molar-refractivity contribution in [2.45, 2.75) is 44.7 Å². The minimum atomic E-state index is -0.629. The van der Waals surface area contributed by atoms with Crippen LogP contribution < -0.4 is 5.32 Å². The number of fused-ring (bicyclic) bond motifs is 1. The summed E-state index contributed by atoms with van der Waals surface area (Å²) in [7, 11) is 0. The fraction of sp³-hybridized carbons (Fsp3) is 0.257. The molecule has 0 saturated carbocycles. The van der Waals surface area contributed by atoms with Gasteiger partial charge in [-0.2, -0.15) is 0 Å². The second-order valence-corrected chi connectivity index (χ2v) is 10.6. The highest BCUT2D eigenvalue weighted by molar-refractivity contribution is 6.01. The Morgan fingerprint density at radius 2 is 1.50 bits per heavy atom. The summed E-state index contributed by atoms with van der Waals surface area (Å²) in [4.78, 5) is 30.1. The highest BCUT2D eigenvalue weighted by Crippen LogP contribution is 2.45. The fourth-order valence-corrected chi connectivity index (χ4v) is 5.95. The van der Waals surface area contributed by atoms with Crippen LogP contribution in [0, 0.1) is 13.8 Å². The Balaban J connectivity index is 1.58. The van der Waals surface area contributed by atoms with Crippen LogP contribution in [0.1, 0.15) is 55.7 Å². The maximum atomic E-state index is 14.2. The molecule has 5 heteroatoms. The van der Waals surface area contributed by atoms with E-state index < -0.39 is 18.0 Å². The standard InChI is InChI=1S/C35H36N2O3/c1-24-17-18-29(25(2)21-24)33-32(34(39)36-20-19-26-11-5-3-6-12-26)30-15-9-10-16-31(30)35(40)37(33)28(23-38)22-27-13-7-4-8-14-27/h3-18,21,28,32-33,38H,19-20,22-23H2,1-2H3,(H,36,39)/t28-,32+,33-/m0/s1. The largest absolute Gasteiger partial charge is 0.394 e. The maximum absolute atomic E-state index is 14.2. The van der Waals surface area contributed by atoms with Gasteiger partial charge in [-0.3, -0.25) is 9.59 Å². The van der Waals surface area contributed by atoms with Gasteiger partial charge in [0.05, 0.1) is 24.6 Å². The van der Waals surface area contributed by atoms with Gasteiger partial charge in [0.25, 0.3) is 5.91 Å². The zero-order chi connectivity index (χ0) is 28.1. The number of aliphatic hydroxyl groups excluding tert-OH is 1. The molecule has 0 bridgehead atoms. The third kappa shape index (κ3) is 5.70. The highest BCUT2D eigenvalue weighted by atomic mass is 16.3. The predicted octanol–water partition coefficient (Wildman–Crippen LogP) is 5.55. The van der Waals surface area contributed by atoms with Gasteiger partial charge < -0.3 is 15.3 Å². The van der Waals surface area contributed by atoms with Crippen LogP contribution in [0.4, 0.5) is 0 Å². The molecule has 4 aromatic rings. The van der Waals surface area contributed by atoms with Crippen molar-refractivity contribution >= 4 is 11.8 Å². The molecular formula is C35H36N2O3. The minimum Gasteiger partial charge on any atom is -0.394 e. The summed E-state index contributed by atoms with van der Waals surface area (Å²) in [6, 6.07) is 32.5. The maximum Gasteiger partial charge on any atom is 0.255 e. The van der Waals surface area contributed by atoms with Crippen LogP contribution in [-0.2, 0) is 17.6 Å². The van der Waals surface area contributed by atoms with Crippen molar-refractivity contribution in [3.05, 3.63) is 142 Å². The van der Waals surface area contributed by atoms with Crippen LogP contribution >= 0.6 is 0 Å². The van der Waals surface area contributed by atoms with E-state index in [-0.39, 0.29) is 18.4 Å². The minimum absolute atomic E-state index is 0.123. The van der Waals surface area contributed by atoms with E-state index >= 15 is 0 Å². The number of carbonyl (C=O) groups is 2. The van der Waals surface area contributed by atoms with Gasteiger partial charge in [0.15, 0.2) is 0 Å². The first-order chi connectivity index (χ1) is 19.5. The summed E-state index contributed by atoms with van der Waals surface area (Å²) < 4.78 is 0.